The summed E-state index contributed by atoms with van der Waals surface area (Å²) in [7, 11) is 0. The Morgan fingerprint density at radius 2 is 1.95 bits per heavy atom. The number of nitrogens with zero attached hydrogens (tertiary/aromatic N) is 1. The lowest BCUT2D eigenvalue weighted by atomic mass is 9.88. The van der Waals surface area contributed by atoms with Crippen LogP contribution < -0.4 is 0 Å². The summed E-state index contributed by atoms with van der Waals surface area (Å²) in [6, 6.07) is 17.6. The number of benzene rings is 2. The van der Waals surface area contributed by atoms with E-state index in [1.54, 1.807) is 6.08 Å². The first-order valence-corrected chi connectivity index (χ1v) is 8.51. The summed E-state index contributed by atoms with van der Waals surface area (Å²) in [4.78, 5) is 17.6. The second-order valence-corrected chi connectivity index (χ2v) is 6.91. The van der Waals surface area contributed by atoms with Crippen molar-refractivity contribution in [3.05, 3.63) is 82.9 Å². The summed E-state index contributed by atoms with van der Waals surface area (Å²) in [5.41, 5.74) is 1.01. The summed E-state index contributed by atoms with van der Waals surface area (Å²) in [5, 5.41) is 0.811. The molecule has 0 spiro atoms. The van der Waals surface area contributed by atoms with Gasteiger partial charge >= 0.3 is 0 Å². The molecule has 1 aliphatic rings. The standard InChI is InChI=1S/C18H14BrNOS/c1-2-11-18(14-8-4-3-5-9-14)17(21)22-16(20-18)13-7-6-10-15(19)12-13/h2-10,12H,1,11H2. The second-order valence-electron chi connectivity index (χ2n) is 5.04. The fourth-order valence-electron chi connectivity index (χ4n) is 2.51. The predicted molar refractivity (Wildman–Crippen MR) is 96.2 cm³/mol. The van der Waals surface area contributed by atoms with Gasteiger partial charge in [0.05, 0.1) is 0 Å². The molecule has 2 aromatic rings. The smallest absolute Gasteiger partial charge is 0.227 e. The van der Waals surface area contributed by atoms with Crippen LogP contribution in [0.25, 0.3) is 0 Å². The first-order chi connectivity index (χ1) is 10.7. The Kier molecular flexibility index (Phi) is 4.32. The van der Waals surface area contributed by atoms with Crippen LogP contribution in [-0.2, 0) is 10.3 Å². The molecule has 0 saturated carbocycles. The van der Waals surface area contributed by atoms with Gasteiger partial charge in [0.1, 0.15) is 5.04 Å². The Bertz CT molecular complexity index is 757. The van der Waals surface area contributed by atoms with Crippen molar-refractivity contribution in [3.8, 4) is 0 Å². The maximum Gasteiger partial charge on any atom is 0.227 e. The normalized spacial score (nSPS) is 20.8. The lowest BCUT2D eigenvalue weighted by Crippen LogP contribution is -2.28. The highest BCUT2D eigenvalue weighted by Crippen LogP contribution is 2.43. The van der Waals surface area contributed by atoms with Crippen LogP contribution in [0.3, 0.4) is 0 Å². The molecule has 0 radical (unpaired) electrons. The molecule has 1 atom stereocenters. The van der Waals surface area contributed by atoms with Gasteiger partial charge in [0.15, 0.2) is 5.54 Å². The van der Waals surface area contributed by atoms with Gasteiger partial charge in [-0.1, -0.05) is 64.5 Å². The molecule has 0 aliphatic carbocycles. The topological polar surface area (TPSA) is 29.4 Å². The zero-order chi connectivity index (χ0) is 15.6. The monoisotopic (exact) mass is 371 g/mol. The van der Waals surface area contributed by atoms with E-state index in [0.29, 0.717) is 6.42 Å². The number of hydrogen-bond acceptors (Lipinski definition) is 3. The third-order valence-corrected chi connectivity index (χ3v) is 5.12. The fraction of sp³-hybridized carbons (Fsp3) is 0.111. The van der Waals surface area contributed by atoms with Crippen LogP contribution in [0.15, 0.2) is 76.7 Å². The summed E-state index contributed by atoms with van der Waals surface area (Å²) >= 11 is 4.67. The number of carbonyl (C=O) groups excluding carboxylic acids is 1. The van der Waals surface area contributed by atoms with E-state index >= 15 is 0 Å². The number of carbonyl (C=O) groups is 1. The molecule has 0 amide bonds. The predicted octanol–water partition coefficient (Wildman–Crippen LogP) is 4.94. The lowest BCUT2D eigenvalue weighted by molar-refractivity contribution is -0.115. The minimum atomic E-state index is -0.856. The van der Waals surface area contributed by atoms with Crippen LogP contribution in [0.5, 0.6) is 0 Å². The van der Waals surface area contributed by atoms with Crippen molar-refractivity contribution in [2.24, 2.45) is 4.99 Å². The summed E-state index contributed by atoms with van der Waals surface area (Å²) in [6.07, 6.45) is 2.26. The first kappa shape index (κ1) is 15.3. The highest BCUT2D eigenvalue weighted by molar-refractivity contribution is 9.10. The molecule has 1 unspecified atom stereocenters. The third-order valence-electron chi connectivity index (χ3n) is 3.58. The van der Waals surface area contributed by atoms with E-state index in [1.807, 2.05) is 54.6 Å². The molecule has 3 rings (SSSR count). The van der Waals surface area contributed by atoms with E-state index in [-0.39, 0.29) is 5.12 Å². The highest BCUT2D eigenvalue weighted by Gasteiger charge is 2.45. The molecule has 0 fully saturated rings. The number of halogens is 1. The average molecular weight is 372 g/mol. The van der Waals surface area contributed by atoms with Gasteiger partial charge in [-0.05, 0) is 29.5 Å². The number of aliphatic imine (C=N–C) groups is 1. The molecule has 4 heteroatoms. The van der Waals surface area contributed by atoms with Crippen molar-refractivity contribution < 1.29 is 4.79 Å². The van der Waals surface area contributed by atoms with E-state index in [9.17, 15) is 4.79 Å². The molecule has 0 bridgehead atoms. The molecular weight excluding hydrogens is 358 g/mol. The fourth-order valence-corrected chi connectivity index (χ4v) is 3.95. The largest absolute Gasteiger partial charge is 0.284 e. The summed E-state index contributed by atoms with van der Waals surface area (Å²) in [5.74, 6) is 0. The Hall–Kier alpha value is -1.65. The van der Waals surface area contributed by atoms with Crippen LogP contribution >= 0.6 is 27.7 Å². The molecule has 1 heterocycles. The molecular formula is C18H14BrNOS. The van der Waals surface area contributed by atoms with E-state index in [4.69, 9.17) is 4.99 Å². The third kappa shape index (κ3) is 2.69. The molecule has 1 aliphatic heterocycles. The molecule has 0 N–H and O–H groups in total. The lowest BCUT2D eigenvalue weighted by Gasteiger charge is -2.22. The van der Waals surface area contributed by atoms with Gasteiger partial charge in [-0.3, -0.25) is 9.79 Å². The van der Waals surface area contributed by atoms with Gasteiger partial charge in [0.25, 0.3) is 0 Å². The molecule has 2 nitrogen and oxygen atoms in total. The first-order valence-electron chi connectivity index (χ1n) is 6.90. The highest BCUT2D eigenvalue weighted by atomic mass is 79.9. The van der Waals surface area contributed by atoms with Crippen molar-refractivity contribution in [2.75, 3.05) is 0 Å². The van der Waals surface area contributed by atoms with E-state index in [0.717, 1.165) is 20.6 Å². The van der Waals surface area contributed by atoms with Crippen LogP contribution in [0.1, 0.15) is 17.5 Å². The minimum Gasteiger partial charge on any atom is -0.284 e. The maximum absolute atomic E-state index is 12.7. The molecule has 22 heavy (non-hydrogen) atoms. The van der Waals surface area contributed by atoms with Crippen molar-refractivity contribution in [1.29, 1.82) is 0 Å². The van der Waals surface area contributed by atoms with Gasteiger partial charge in [0, 0.05) is 16.5 Å². The quantitative estimate of drug-likeness (QED) is 0.712. The molecule has 0 aromatic heterocycles. The molecule has 0 saturated heterocycles. The zero-order valence-electron chi connectivity index (χ0n) is 11.8. The Morgan fingerprint density at radius 3 is 2.64 bits per heavy atom. The van der Waals surface area contributed by atoms with Crippen LogP contribution in [0.4, 0.5) is 0 Å². The van der Waals surface area contributed by atoms with Gasteiger partial charge < -0.3 is 0 Å². The van der Waals surface area contributed by atoms with E-state index < -0.39 is 5.54 Å². The number of rotatable bonds is 4. The summed E-state index contributed by atoms with van der Waals surface area (Å²) in [6.45, 7) is 3.80. The SMILES string of the molecule is C=CCC1(c2ccccc2)N=C(c2cccc(Br)c2)SC1=O. The van der Waals surface area contributed by atoms with Crippen LogP contribution in [0.2, 0.25) is 0 Å². The van der Waals surface area contributed by atoms with Gasteiger partial charge in [-0.25, -0.2) is 0 Å². The van der Waals surface area contributed by atoms with Crippen molar-refractivity contribution >= 4 is 37.9 Å². The van der Waals surface area contributed by atoms with Crippen LogP contribution in [-0.4, -0.2) is 10.2 Å². The number of hydrogen-bond donors (Lipinski definition) is 0. The number of thioether (sulfide) groups is 1. The maximum atomic E-state index is 12.7. The second kappa shape index (κ2) is 6.23. The Labute approximate surface area is 142 Å². The molecule has 110 valence electrons. The zero-order valence-corrected chi connectivity index (χ0v) is 14.2. The average Bonchev–Trinajstić information content (AvgIpc) is 2.87. The molecule has 2 aromatic carbocycles. The Balaban J connectivity index is 2.11. The Morgan fingerprint density at radius 1 is 1.18 bits per heavy atom. The van der Waals surface area contributed by atoms with Crippen molar-refractivity contribution in [3.63, 3.8) is 0 Å². The van der Waals surface area contributed by atoms with Gasteiger partial charge in [0.2, 0.25) is 5.12 Å². The van der Waals surface area contributed by atoms with Crippen LogP contribution in [0, 0.1) is 0 Å². The van der Waals surface area contributed by atoms with Crippen molar-refractivity contribution in [1.82, 2.24) is 0 Å². The minimum absolute atomic E-state index is 0.0496. The van der Waals surface area contributed by atoms with Crippen molar-refractivity contribution in [2.45, 2.75) is 12.0 Å². The van der Waals surface area contributed by atoms with E-state index in [1.165, 1.54) is 11.8 Å². The van der Waals surface area contributed by atoms with E-state index in [2.05, 4.69) is 22.5 Å². The van der Waals surface area contributed by atoms with Gasteiger partial charge in [-0.15, -0.1) is 6.58 Å². The van der Waals surface area contributed by atoms with Gasteiger partial charge in [-0.2, -0.15) is 0 Å². The summed E-state index contributed by atoms with van der Waals surface area (Å²) < 4.78 is 0.974.